The Morgan fingerprint density at radius 2 is 1.24 bits per heavy atom. The number of benzene rings is 2. The van der Waals surface area contributed by atoms with Crippen LogP contribution in [0.5, 0.6) is 0 Å². The van der Waals surface area contributed by atoms with Crippen LogP contribution >= 0.6 is 0 Å². The van der Waals surface area contributed by atoms with E-state index in [1.807, 2.05) is 62.4 Å². The molecule has 2 amide bonds. The highest BCUT2D eigenvalue weighted by atomic mass is 16.8. The predicted molar refractivity (Wildman–Crippen MR) is 275 cm³/mol. The van der Waals surface area contributed by atoms with Crippen molar-refractivity contribution in [1.29, 1.82) is 0 Å². The molecule has 1 heterocycles. The van der Waals surface area contributed by atoms with Gasteiger partial charge in [-0.15, -0.1) is 0 Å². The number of aliphatic hydroxyl groups is 2. The molecular weight excluding hydrogens is 889 g/mol. The highest BCUT2D eigenvalue weighted by Gasteiger charge is 2.27. The Balaban J connectivity index is 1.05. The number of anilines is 1. The molecule has 390 valence electrons. The summed E-state index contributed by atoms with van der Waals surface area (Å²) in [5.74, 6) is 5.16. The van der Waals surface area contributed by atoms with Crippen molar-refractivity contribution in [1.82, 2.24) is 5.32 Å². The number of hydrogen-bond acceptors (Lipinski definition) is 11. The first-order chi connectivity index (χ1) is 33.8. The highest BCUT2D eigenvalue weighted by molar-refractivity contribution is 5.97. The quantitative estimate of drug-likeness (QED) is 0.0251. The summed E-state index contributed by atoms with van der Waals surface area (Å²) in [5.41, 5.74) is 4.60. The van der Waals surface area contributed by atoms with E-state index < -0.39 is 5.97 Å². The molecule has 3 rings (SSSR count). The predicted octanol–water partition coefficient (Wildman–Crippen LogP) is 9.56. The fourth-order valence-corrected chi connectivity index (χ4v) is 8.43. The first-order valence-corrected chi connectivity index (χ1v) is 26.1. The number of ketones is 2. The molecule has 0 aliphatic carbocycles. The lowest BCUT2D eigenvalue weighted by Gasteiger charge is -2.26. The Labute approximate surface area is 419 Å². The molecule has 13 nitrogen and oxygen atoms in total. The van der Waals surface area contributed by atoms with Crippen molar-refractivity contribution >= 4 is 29.1 Å². The molecular formula is C57H86N2O11. The van der Waals surface area contributed by atoms with Gasteiger partial charge < -0.3 is 44.1 Å². The van der Waals surface area contributed by atoms with Gasteiger partial charge >= 0.3 is 0 Å². The SMILES string of the molecule is C=C(CCC(C)NC(=O)CCCCCCC(=O)CCOCCOCCOCCOCCCC(=O)CCC(=O)N1Cc2ccccc2C#Cc2ccccc21)CC(C)CCCOC(O)(O)CC(C)CCC. The van der Waals surface area contributed by atoms with Gasteiger partial charge in [0, 0.05) is 68.7 Å². The minimum atomic E-state index is -2.06. The molecule has 1 aliphatic rings. The standard InChI is InChI=1S/C57H86N2O11/c1-6-17-47(4)43-57(64,65)70-34-15-18-45(2)42-46(3)26-27-48(5)58-55(62)25-10-8-7-9-22-53(61)32-35-67-37-39-69-41-40-68-38-36-66-33-16-23-52(60)30-31-56(63)59-44-51-21-12-11-19-49(51)28-29-50-20-13-14-24-54(50)59/h11-14,19-21,24,45,47-48,64-65H,3,6-10,15-18,22-23,25-27,30-44H2,1-2,4-5H3,(H,58,62). The zero-order valence-electron chi connectivity index (χ0n) is 43.1. The van der Waals surface area contributed by atoms with Gasteiger partial charge in [-0.05, 0) is 93.9 Å². The third kappa shape index (κ3) is 27.4. The zero-order valence-corrected chi connectivity index (χ0v) is 43.1. The minimum absolute atomic E-state index is 0.0379. The number of unbranched alkanes of at least 4 members (excludes halogenated alkanes) is 3. The number of para-hydroxylation sites is 1. The number of allylic oxidation sites excluding steroid dienone is 1. The van der Waals surface area contributed by atoms with Crippen molar-refractivity contribution in [3.63, 3.8) is 0 Å². The molecule has 3 unspecified atom stereocenters. The molecule has 70 heavy (non-hydrogen) atoms. The second kappa shape index (κ2) is 35.8. The maximum Gasteiger partial charge on any atom is 0.278 e. The second-order valence-corrected chi connectivity index (χ2v) is 19.1. The molecule has 1 aliphatic heterocycles. The molecule has 0 fully saturated rings. The molecule has 13 heteroatoms. The van der Waals surface area contributed by atoms with E-state index in [1.54, 1.807) is 4.90 Å². The third-order valence-electron chi connectivity index (χ3n) is 12.3. The van der Waals surface area contributed by atoms with E-state index in [1.165, 1.54) is 0 Å². The van der Waals surface area contributed by atoms with Crippen molar-refractivity contribution in [2.45, 2.75) is 168 Å². The average Bonchev–Trinajstić information content (AvgIpc) is 3.32. The Morgan fingerprint density at radius 1 is 0.643 bits per heavy atom. The number of amides is 2. The summed E-state index contributed by atoms with van der Waals surface area (Å²) >= 11 is 0. The number of hydrogen-bond donors (Lipinski definition) is 3. The summed E-state index contributed by atoms with van der Waals surface area (Å²) in [4.78, 5) is 52.5. The van der Waals surface area contributed by atoms with E-state index in [0.29, 0.717) is 104 Å². The van der Waals surface area contributed by atoms with E-state index in [0.717, 1.165) is 98.6 Å². The number of nitrogens with zero attached hydrogens (tertiary/aromatic N) is 1. The van der Waals surface area contributed by atoms with Gasteiger partial charge in [0.1, 0.15) is 11.6 Å². The topological polar surface area (TPSA) is 170 Å². The molecule has 2 aromatic rings. The van der Waals surface area contributed by atoms with Crippen LogP contribution in [0.15, 0.2) is 60.7 Å². The van der Waals surface area contributed by atoms with Crippen LogP contribution in [0.25, 0.3) is 0 Å². The van der Waals surface area contributed by atoms with Crippen molar-refractivity contribution in [3.05, 3.63) is 77.4 Å². The van der Waals surface area contributed by atoms with Gasteiger partial charge in [-0.1, -0.05) is 101 Å². The van der Waals surface area contributed by atoms with Gasteiger partial charge in [0.05, 0.1) is 65.1 Å². The lowest BCUT2D eigenvalue weighted by molar-refractivity contribution is -0.345. The molecule has 0 spiro atoms. The Morgan fingerprint density at radius 3 is 1.96 bits per heavy atom. The minimum Gasteiger partial charge on any atom is -0.379 e. The number of ether oxygens (including phenoxy) is 5. The molecule has 0 bridgehead atoms. The molecule has 3 N–H and O–H groups in total. The van der Waals surface area contributed by atoms with Crippen LogP contribution in [0.1, 0.15) is 166 Å². The van der Waals surface area contributed by atoms with E-state index in [9.17, 15) is 29.4 Å². The summed E-state index contributed by atoms with van der Waals surface area (Å²) in [5, 5.41) is 23.3. The van der Waals surface area contributed by atoms with Gasteiger partial charge in [0.2, 0.25) is 11.8 Å². The maximum absolute atomic E-state index is 13.4. The van der Waals surface area contributed by atoms with E-state index in [4.69, 9.17) is 23.7 Å². The normalized spacial score (nSPS) is 13.5. The van der Waals surface area contributed by atoms with Crippen LogP contribution in [-0.2, 0) is 49.4 Å². The molecule has 0 aromatic heterocycles. The number of carbonyl (C=O) groups is 4. The maximum atomic E-state index is 13.4. The van der Waals surface area contributed by atoms with Crippen LogP contribution in [0.4, 0.5) is 5.69 Å². The Kier molecular flexibility index (Phi) is 30.7. The molecule has 3 atom stereocenters. The van der Waals surface area contributed by atoms with Crippen molar-refractivity contribution in [2.75, 3.05) is 64.4 Å². The van der Waals surface area contributed by atoms with Crippen molar-refractivity contribution in [3.8, 4) is 11.8 Å². The molecule has 0 saturated heterocycles. The van der Waals surface area contributed by atoms with Gasteiger partial charge in [0.25, 0.3) is 5.97 Å². The van der Waals surface area contributed by atoms with E-state index in [-0.39, 0.29) is 54.6 Å². The average molecular weight is 975 g/mol. The molecule has 2 aromatic carbocycles. The first kappa shape index (κ1) is 60.0. The lowest BCUT2D eigenvalue weighted by atomic mass is 9.94. The van der Waals surface area contributed by atoms with Crippen LogP contribution in [-0.4, -0.2) is 105 Å². The third-order valence-corrected chi connectivity index (χ3v) is 12.3. The molecule has 0 radical (unpaired) electrons. The van der Waals surface area contributed by atoms with E-state index in [2.05, 4.69) is 37.6 Å². The highest BCUT2D eigenvalue weighted by Crippen LogP contribution is 2.27. The zero-order chi connectivity index (χ0) is 50.8. The Bertz CT molecular complexity index is 1910. The summed E-state index contributed by atoms with van der Waals surface area (Å²) in [6.07, 6.45) is 12.5. The fourth-order valence-electron chi connectivity index (χ4n) is 8.43. The number of Topliss-reactive ketones (excluding diaryl/α,β-unsaturated/α-hetero) is 2. The first-order valence-electron chi connectivity index (χ1n) is 26.1. The van der Waals surface area contributed by atoms with E-state index >= 15 is 0 Å². The summed E-state index contributed by atoms with van der Waals surface area (Å²) < 4.78 is 27.6. The summed E-state index contributed by atoms with van der Waals surface area (Å²) in [6, 6.07) is 15.5. The van der Waals surface area contributed by atoms with Gasteiger partial charge in [0.15, 0.2) is 0 Å². The van der Waals surface area contributed by atoms with Crippen LogP contribution < -0.4 is 10.2 Å². The van der Waals surface area contributed by atoms with Crippen molar-refractivity contribution < 1.29 is 53.1 Å². The van der Waals surface area contributed by atoms with Gasteiger partial charge in [-0.2, -0.15) is 0 Å². The molecule has 0 saturated carbocycles. The van der Waals surface area contributed by atoms with Crippen LogP contribution in [0.2, 0.25) is 0 Å². The number of nitrogens with one attached hydrogen (secondary N) is 1. The van der Waals surface area contributed by atoms with Crippen LogP contribution in [0.3, 0.4) is 0 Å². The summed E-state index contributed by atoms with van der Waals surface area (Å²) in [6.45, 7) is 16.6. The largest absolute Gasteiger partial charge is 0.379 e. The number of rotatable bonds is 41. The smallest absolute Gasteiger partial charge is 0.278 e. The monoisotopic (exact) mass is 975 g/mol. The summed E-state index contributed by atoms with van der Waals surface area (Å²) in [7, 11) is 0. The second-order valence-electron chi connectivity index (χ2n) is 19.1. The fraction of sp³-hybridized carbons (Fsp3) is 0.649. The van der Waals surface area contributed by atoms with Crippen molar-refractivity contribution in [2.24, 2.45) is 11.8 Å². The number of carbonyl (C=O) groups excluding carboxylic acids is 4. The van der Waals surface area contributed by atoms with Gasteiger partial charge in [-0.3, -0.25) is 19.2 Å². The van der Waals surface area contributed by atoms with Crippen LogP contribution in [0, 0.1) is 23.7 Å². The van der Waals surface area contributed by atoms with Gasteiger partial charge in [-0.25, -0.2) is 0 Å². The Hall–Kier alpha value is -4.26. The lowest BCUT2D eigenvalue weighted by Crippen LogP contribution is -2.34. The number of fused-ring (bicyclic) bond motifs is 2.